The molecule has 29 heavy (non-hydrogen) atoms. The highest BCUT2D eigenvalue weighted by Crippen LogP contribution is 2.33. The van der Waals surface area contributed by atoms with Crippen molar-refractivity contribution in [1.82, 2.24) is 19.7 Å². The van der Waals surface area contributed by atoms with Crippen molar-refractivity contribution < 1.29 is 9.13 Å². The maximum atomic E-state index is 13.1. The maximum Gasteiger partial charge on any atom is 0.191 e. The van der Waals surface area contributed by atoms with Gasteiger partial charge >= 0.3 is 0 Å². The molecular weight excluding hydrogens is 431 g/mol. The normalized spacial score (nSPS) is 11.0. The second-order valence-corrected chi connectivity index (χ2v) is 8.39. The molecule has 0 spiro atoms. The predicted octanol–water partition coefficient (Wildman–Crippen LogP) is 5.70. The zero-order valence-electron chi connectivity index (χ0n) is 15.6. The number of thiazole rings is 1. The van der Waals surface area contributed by atoms with E-state index in [0.717, 1.165) is 27.0 Å². The molecule has 0 N–H and O–H groups in total. The van der Waals surface area contributed by atoms with Crippen molar-refractivity contribution in [3.63, 3.8) is 0 Å². The summed E-state index contributed by atoms with van der Waals surface area (Å²) in [6.07, 6.45) is 0. The Bertz CT molecular complexity index is 1140. The zero-order chi connectivity index (χ0) is 20.4. The van der Waals surface area contributed by atoms with Gasteiger partial charge in [0.05, 0.1) is 18.4 Å². The number of nitrogens with zero attached hydrogens (tertiary/aromatic N) is 4. The van der Waals surface area contributed by atoms with Crippen LogP contribution in [-0.4, -0.2) is 26.9 Å². The van der Waals surface area contributed by atoms with E-state index < -0.39 is 0 Å². The molecule has 0 fully saturated rings. The number of halogens is 2. The van der Waals surface area contributed by atoms with Gasteiger partial charge in [0, 0.05) is 28.8 Å². The Balaban J connectivity index is 1.51. The first-order valence-corrected chi connectivity index (χ1v) is 10.9. The van der Waals surface area contributed by atoms with Crippen molar-refractivity contribution >= 4 is 34.7 Å². The summed E-state index contributed by atoms with van der Waals surface area (Å²) in [5.41, 5.74) is 2.62. The molecule has 5 nitrogen and oxygen atoms in total. The van der Waals surface area contributed by atoms with E-state index in [0.29, 0.717) is 22.3 Å². The molecule has 0 aliphatic carbocycles. The molecule has 2 aromatic carbocycles. The minimum atomic E-state index is -0.254. The maximum absolute atomic E-state index is 13.1. The van der Waals surface area contributed by atoms with E-state index in [9.17, 15) is 4.39 Å². The van der Waals surface area contributed by atoms with Crippen LogP contribution in [0.25, 0.3) is 22.0 Å². The summed E-state index contributed by atoms with van der Waals surface area (Å²) < 4.78 is 20.4. The predicted molar refractivity (Wildman–Crippen MR) is 115 cm³/mol. The van der Waals surface area contributed by atoms with Gasteiger partial charge in [0.2, 0.25) is 0 Å². The highest BCUT2D eigenvalue weighted by Gasteiger charge is 2.16. The van der Waals surface area contributed by atoms with Crippen LogP contribution in [-0.2, 0) is 12.8 Å². The Labute approximate surface area is 180 Å². The molecule has 148 valence electrons. The van der Waals surface area contributed by atoms with E-state index in [-0.39, 0.29) is 5.82 Å². The first-order valence-electron chi connectivity index (χ1n) is 8.61. The Morgan fingerprint density at radius 2 is 1.97 bits per heavy atom. The lowest BCUT2D eigenvalue weighted by molar-refractivity contribution is 0.416. The van der Waals surface area contributed by atoms with E-state index in [1.54, 1.807) is 37.1 Å². The van der Waals surface area contributed by atoms with Gasteiger partial charge < -0.3 is 9.30 Å². The molecule has 4 rings (SSSR count). The second-order valence-electron chi connectivity index (χ2n) is 6.15. The van der Waals surface area contributed by atoms with Gasteiger partial charge in [-0.2, -0.15) is 0 Å². The van der Waals surface area contributed by atoms with E-state index >= 15 is 0 Å². The number of rotatable bonds is 6. The zero-order valence-corrected chi connectivity index (χ0v) is 18.0. The van der Waals surface area contributed by atoms with Crippen molar-refractivity contribution in [3.05, 3.63) is 64.4 Å². The van der Waals surface area contributed by atoms with E-state index in [4.69, 9.17) is 16.3 Å². The van der Waals surface area contributed by atoms with E-state index in [1.807, 2.05) is 29.1 Å². The fraction of sp³-hybridized carbons (Fsp3) is 0.150. The average molecular weight is 447 g/mol. The van der Waals surface area contributed by atoms with Gasteiger partial charge in [-0.15, -0.1) is 21.5 Å². The van der Waals surface area contributed by atoms with Crippen LogP contribution < -0.4 is 4.74 Å². The summed E-state index contributed by atoms with van der Waals surface area (Å²) in [6.45, 7) is 0. The SMILES string of the molecule is COc1ccc(Cl)cc1-c1nnc(SCc2csc(-c3ccc(F)cc3)n2)n1C. The molecule has 0 bridgehead atoms. The number of hydrogen-bond donors (Lipinski definition) is 0. The molecule has 0 aliphatic rings. The van der Waals surface area contributed by atoms with E-state index in [2.05, 4.69) is 15.2 Å². The standard InChI is InChI=1S/C20H16ClFN4OS2/c1-26-18(16-9-13(21)5-8-17(16)27-2)24-25-20(26)29-11-15-10-28-19(23-15)12-3-6-14(22)7-4-12/h3-10H,11H2,1-2H3. The van der Waals surface area contributed by atoms with Crippen LogP contribution >= 0.6 is 34.7 Å². The first kappa shape index (κ1) is 19.9. The van der Waals surface area contributed by atoms with Crippen molar-refractivity contribution in [2.24, 2.45) is 7.05 Å². The summed E-state index contributed by atoms with van der Waals surface area (Å²) >= 11 is 9.22. The Morgan fingerprint density at radius 1 is 1.17 bits per heavy atom. The quantitative estimate of drug-likeness (QED) is 0.355. The lowest BCUT2D eigenvalue weighted by Crippen LogP contribution is -1.97. The van der Waals surface area contributed by atoms with Crippen LogP contribution in [0.5, 0.6) is 5.75 Å². The van der Waals surface area contributed by atoms with Gasteiger partial charge in [0.1, 0.15) is 16.6 Å². The number of ether oxygens (including phenoxy) is 1. The number of thioether (sulfide) groups is 1. The molecule has 2 aromatic heterocycles. The van der Waals surface area contributed by atoms with Crippen molar-refractivity contribution in [2.45, 2.75) is 10.9 Å². The van der Waals surface area contributed by atoms with Gasteiger partial charge in [0.15, 0.2) is 11.0 Å². The number of benzene rings is 2. The summed E-state index contributed by atoms with van der Waals surface area (Å²) in [4.78, 5) is 4.64. The largest absolute Gasteiger partial charge is 0.496 e. The lowest BCUT2D eigenvalue weighted by Gasteiger charge is -2.08. The minimum Gasteiger partial charge on any atom is -0.496 e. The molecule has 2 heterocycles. The van der Waals surface area contributed by atoms with Gasteiger partial charge in [-0.25, -0.2) is 9.37 Å². The smallest absolute Gasteiger partial charge is 0.191 e. The molecule has 0 atom stereocenters. The fourth-order valence-corrected chi connectivity index (χ4v) is 4.67. The van der Waals surface area contributed by atoms with E-state index in [1.165, 1.54) is 23.5 Å². The molecule has 0 aliphatic heterocycles. The summed E-state index contributed by atoms with van der Waals surface area (Å²) in [6, 6.07) is 11.8. The number of hydrogen-bond acceptors (Lipinski definition) is 6. The lowest BCUT2D eigenvalue weighted by atomic mass is 10.2. The summed E-state index contributed by atoms with van der Waals surface area (Å²) in [7, 11) is 3.52. The third-order valence-electron chi connectivity index (χ3n) is 4.23. The van der Waals surface area contributed by atoms with Crippen LogP contribution in [0.1, 0.15) is 5.69 Å². The Hall–Kier alpha value is -2.42. The van der Waals surface area contributed by atoms with Crippen molar-refractivity contribution in [2.75, 3.05) is 7.11 Å². The Morgan fingerprint density at radius 3 is 2.72 bits per heavy atom. The van der Waals surface area contributed by atoms with Crippen LogP contribution in [0.3, 0.4) is 0 Å². The summed E-state index contributed by atoms with van der Waals surface area (Å²) in [5, 5.41) is 12.8. The third-order valence-corrected chi connectivity index (χ3v) is 6.46. The minimum absolute atomic E-state index is 0.254. The molecule has 0 amide bonds. The molecule has 0 saturated carbocycles. The second kappa shape index (κ2) is 8.52. The fourth-order valence-electron chi connectivity index (χ4n) is 2.77. The monoisotopic (exact) mass is 446 g/mol. The molecule has 9 heteroatoms. The summed E-state index contributed by atoms with van der Waals surface area (Å²) in [5.74, 6) is 1.76. The molecule has 0 radical (unpaired) electrons. The van der Waals surface area contributed by atoms with Crippen LogP contribution in [0.4, 0.5) is 4.39 Å². The van der Waals surface area contributed by atoms with Gasteiger partial charge in [-0.1, -0.05) is 23.4 Å². The third kappa shape index (κ3) is 4.29. The van der Waals surface area contributed by atoms with Crippen LogP contribution in [0.2, 0.25) is 5.02 Å². The molecular formula is C20H16ClFN4OS2. The van der Waals surface area contributed by atoms with Gasteiger partial charge in [0.25, 0.3) is 0 Å². The number of aromatic nitrogens is 4. The molecule has 0 unspecified atom stereocenters. The van der Waals surface area contributed by atoms with Crippen molar-refractivity contribution in [3.8, 4) is 27.7 Å². The first-order chi connectivity index (χ1) is 14.0. The number of methoxy groups -OCH3 is 1. The van der Waals surface area contributed by atoms with Crippen LogP contribution in [0.15, 0.2) is 53.0 Å². The highest BCUT2D eigenvalue weighted by molar-refractivity contribution is 7.98. The van der Waals surface area contributed by atoms with Gasteiger partial charge in [-0.05, 0) is 42.5 Å². The topological polar surface area (TPSA) is 52.8 Å². The highest BCUT2D eigenvalue weighted by atomic mass is 35.5. The molecule has 0 saturated heterocycles. The Kier molecular flexibility index (Phi) is 5.84. The van der Waals surface area contributed by atoms with Crippen molar-refractivity contribution in [1.29, 1.82) is 0 Å². The van der Waals surface area contributed by atoms with Crippen LogP contribution in [0, 0.1) is 5.82 Å². The van der Waals surface area contributed by atoms with Gasteiger partial charge in [-0.3, -0.25) is 0 Å². The average Bonchev–Trinajstić information content (AvgIpc) is 3.34. The molecule has 4 aromatic rings.